The summed E-state index contributed by atoms with van der Waals surface area (Å²) in [5.41, 5.74) is 1.18. The molecule has 0 bridgehead atoms. The molecule has 0 aromatic carbocycles. The Morgan fingerprint density at radius 3 is 2.81 bits per heavy atom. The van der Waals surface area contributed by atoms with E-state index in [0.717, 1.165) is 10.8 Å². The number of aromatic nitrogens is 1. The van der Waals surface area contributed by atoms with E-state index >= 15 is 0 Å². The molecule has 0 atom stereocenters. The molecule has 2 rings (SSSR count). The number of amides is 1. The average molecular weight is 238 g/mol. The highest BCUT2D eigenvalue weighted by Gasteiger charge is 2.26. The van der Waals surface area contributed by atoms with E-state index in [1.807, 2.05) is 0 Å². The summed E-state index contributed by atoms with van der Waals surface area (Å²) in [5.74, 6) is 0.716. The molecule has 1 aromatic heterocycles. The number of hydrogen-bond donors (Lipinski definition) is 1. The third-order valence-corrected chi connectivity index (χ3v) is 3.23. The first kappa shape index (κ1) is 11.6. The summed E-state index contributed by atoms with van der Waals surface area (Å²) >= 11 is 1.53. The minimum Gasteiger partial charge on any atom is -0.302 e. The fraction of sp³-hybridized carbons (Fsp3) is 0.667. The third-order valence-electron chi connectivity index (χ3n) is 2.45. The van der Waals surface area contributed by atoms with Gasteiger partial charge < -0.3 is 5.32 Å². The number of carbonyl (C=O) groups is 1. The zero-order valence-corrected chi connectivity index (χ0v) is 10.9. The van der Waals surface area contributed by atoms with Crippen molar-refractivity contribution in [3.05, 3.63) is 11.1 Å². The van der Waals surface area contributed by atoms with Crippen molar-refractivity contribution in [1.29, 1.82) is 0 Å². The molecule has 1 aliphatic rings. The van der Waals surface area contributed by atoms with Crippen molar-refractivity contribution in [2.24, 2.45) is 5.41 Å². The third kappa shape index (κ3) is 3.30. The summed E-state index contributed by atoms with van der Waals surface area (Å²) < 4.78 is 0. The highest BCUT2D eigenvalue weighted by Crippen LogP contribution is 2.40. The van der Waals surface area contributed by atoms with Crippen LogP contribution in [0.1, 0.15) is 51.6 Å². The van der Waals surface area contributed by atoms with Crippen molar-refractivity contribution in [3.8, 4) is 0 Å². The van der Waals surface area contributed by atoms with Crippen molar-refractivity contribution in [2.75, 3.05) is 5.32 Å². The van der Waals surface area contributed by atoms with Gasteiger partial charge in [-0.3, -0.25) is 4.79 Å². The summed E-state index contributed by atoms with van der Waals surface area (Å²) in [5, 5.41) is 5.68. The van der Waals surface area contributed by atoms with E-state index in [0.29, 0.717) is 12.3 Å². The minimum absolute atomic E-state index is 0.0284. The fourth-order valence-electron chi connectivity index (χ4n) is 1.56. The van der Waals surface area contributed by atoms with Gasteiger partial charge in [-0.05, 0) is 18.3 Å². The van der Waals surface area contributed by atoms with Gasteiger partial charge in [-0.2, -0.15) is 0 Å². The van der Waals surface area contributed by atoms with Crippen LogP contribution in [-0.4, -0.2) is 10.9 Å². The predicted molar refractivity (Wildman–Crippen MR) is 66.8 cm³/mol. The Bertz CT molecular complexity index is 388. The van der Waals surface area contributed by atoms with Crippen molar-refractivity contribution >= 4 is 22.4 Å². The van der Waals surface area contributed by atoms with Crippen LogP contribution in [0.25, 0.3) is 0 Å². The standard InChI is InChI=1S/C12H18N2OS/c1-12(2,3)6-10(15)14-11-13-9(7-16-11)8-4-5-8/h7-8H,4-6H2,1-3H3,(H,13,14,15). The van der Waals surface area contributed by atoms with Crippen LogP contribution in [0.2, 0.25) is 0 Å². The maximum absolute atomic E-state index is 11.7. The molecule has 1 amide bonds. The van der Waals surface area contributed by atoms with Gasteiger partial charge in [0.05, 0.1) is 5.69 Å². The van der Waals surface area contributed by atoms with E-state index in [2.05, 4.69) is 36.5 Å². The molecule has 3 nitrogen and oxygen atoms in total. The largest absolute Gasteiger partial charge is 0.302 e. The van der Waals surface area contributed by atoms with Gasteiger partial charge in [0.25, 0.3) is 0 Å². The fourth-order valence-corrected chi connectivity index (χ4v) is 2.36. The Morgan fingerprint density at radius 2 is 2.25 bits per heavy atom. The summed E-state index contributed by atoms with van der Waals surface area (Å²) in [6.07, 6.45) is 3.03. The molecule has 1 N–H and O–H groups in total. The normalized spacial score (nSPS) is 16.2. The molecular weight excluding hydrogens is 220 g/mol. The molecule has 88 valence electrons. The SMILES string of the molecule is CC(C)(C)CC(=O)Nc1nc(C2CC2)cs1. The van der Waals surface area contributed by atoms with E-state index in [9.17, 15) is 4.79 Å². The van der Waals surface area contributed by atoms with E-state index in [-0.39, 0.29) is 11.3 Å². The van der Waals surface area contributed by atoms with Gasteiger partial charge in [-0.15, -0.1) is 11.3 Å². The summed E-state index contributed by atoms with van der Waals surface area (Å²) in [6, 6.07) is 0. The molecule has 1 aromatic rings. The zero-order chi connectivity index (χ0) is 11.8. The van der Waals surface area contributed by atoms with Gasteiger partial charge in [-0.25, -0.2) is 4.98 Å². The lowest BCUT2D eigenvalue weighted by Crippen LogP contribution is -2.19. The highest BCUT2D eigenvalue weighted by molar-refractivity contribution is 7.13. The lowest BCUT2D eigenvalue weighted by molar-refractivity contribution is -0.117. The molecule has 4 heteroatoms. The molecular formula is C12H18N2OS. The van der Waals surface area contributed by atoms with E-state index in [1.54, 1.807) is 0 Å². The molecule has 1 saturated carbocycles. The number of anilines is 1. The van der Waals surface area contributed by atoms with Crippen LogP contribution in [0.3, 0.4) is 0 Å². The smallest absolute Gasteiger partial charge is 0.226 e. The topological polar surface area (TPSA) is 42.0 Å². The molecule has 0 radical (unpaired) electrons. The van der Waals surface area contributed by atoms with Crippen LogP contribution in [0.15, 0.2) is 5.38 Å². The molecule has 0 aliphatic heterocycles. The first-order chi connectivity index (χ1) is 7.44. The summed E-state index contributed by atoms with van der Waals surface area (Å²) in [7, 11) is 0. The number of carbonyl (C=O) groups excluding carboxylic acids is 1. The Kier molecular flexibility index (Phi) is 3.02. The van der Waals surface area contributed by atoms with Gasteiger partial charge >= 0.3 is 0 Å². The zero-order valence-electron chi connectivity index (χ0n) is 10.0. The van der Waals surface area contributed by atoms with Crippen LogP contribution < -0.4 is 5.32 Å². The molecule has 16 heavy (non-hydrogen) atoms. The van der Waals surface area contributed by atoms with Crippen molar-refractivity contribution < 1.29 is 4.79 Å². The van der Waals surface area contributed by atoms with E-state index in [4.69, 9.17) is 0 Å². The van der Waals surface area contributed by atoms with Gasteiger partial charge in [0.2, 0.25) is 5.91 Å². The molecule has 1 heterocycles. The quantitative estimate of drug-likeness (QED) is 0.877. The van der Waals surface area contributed by atoms with Crippen LogP contribution in [0.4, 0.5) is 5.13 Å². The number of thiazole rings is 1. The van der Waals surface area contributed by atoms with Crippen LogP contribution in [0.5, 0.6) is 0 Å². The van der Waals surface area contributed by atoms with Crippen LogP contribution in [0, 0.1) is 5.41 Å². The van der Waals surface area contributed by atoms with Gasteiger partial charge in [0, 0.05) is 17.7 Å². The monoisotopic (exact) mass is 238 g/mol. The highest BCUT2D eigenvalue weighted by atomic mass is 32.1. The number of hydrogen-bond acceptors (Lipinski definition) is 3. The maximum atomic E-state index is 11.7. The Labute approximate surface area is 100 Å². The van der Waals surface area contributed by atoms with Gasteiger partial charge in [0.15, 0.2) is 5.13 Å². The first-order valence-corrected chi connectivity index (χ1v) is 6.57. The number of rotatable bonds is 3. The predicted octanol–water partition coefficient (Wildman–Crippen LogP) is 3.40. The van der Waals surface area contributed by atoms with Crippen molar-refractivity contribution in [1.82, 2.24) is 4.98 Å². The number of nitrogens with zero attached hydrogens (tertiary/aromatic N) is 1. The van der Waals surface area contributed by atoms with Crippen LogP contribution in [-0.2, 0) is 4.79 Å². The molecule has 1 fully saturated rings. The summed E-state index contributed by atoms with van der Waals surface area (Å²) in [6.45, 7) is 6.18. The van der Waals surface area contributed by atoms with E-state index in [1.165, 1.54) is 24.2 Å². The Hall–Kier alpha value is -0.900. The van der Waals surface area contributed by atoms with Gasteiger partial charge in [0.1, 0.15) is 0 Å². The second kappa shape index (κ2) is 4.17. The lowest BCUT2D eigenvalue weighted by atomic mass is 9.92. The minimum atomic E-state index is 0.0284. The second-order valence-electron chi connectivity index (χ2n) is 5.64. The van der Waals surface area contributed by atoms with Crippen molar-refractivity contribution in [3.63, 3.8) is 0 Å². The average Bonchev–Trinajstić information content (AvgIpc) is 2.85. The second-order valence-corrected chi connectivity index (χ2v) is 6.50. The Balaban J connectivity index is 1.90. The Morgan fingerprint density at radius 1 is 1.56 bits per heavy atom. The molecule has 1 aliphatic carbocycles. The van der Waals surface area contributed by atoms with E-state index < -0.39 is 0 Å². The molecule has 0 saturated heterocycles. The maximum Gasteiger partial charge on any atom is 0.226 e. The van der Waals surface area contributed by atoms with Gasteiger partial charge in [-0.1, -0.05) is 20.8 Å². The summed E-state index contributed by atoms with van der Waals surface area (Å²) in [4.78, 5) is 16.1. The number of nitrogens with one attached hydrogen (secondary N) is 1. The molecule has 0 spiro atoms. The molecule has 0 unspecified atom stereocenters. The van der Waals surface area contributed by atoms with Crippen molar-refractivity contribution in [2.45, 2.75) is 46.0 Å². The van der Waals surface area contributed by atoms with Crippen LogP contribution >= 0.6 is 11.3 Å². The lowest BCUT2D eigenvalue weighted by Gasteiger charge is -2.16. The first-order valence-electron chi connectivity index (χ1n) is 5.69.